The predicted molar refractivity (Wildman–Crippen MR) is 180 cm³/mol. The Hall–Kier alpha value is -4.45. The number of nitrogens with one attached hydrogen (secondary N) is 2. The van der Waals surface area contributed by atoms with Gasteiger partial charge in [-0.25, -0.2) is 12.7 Å². The minimum atomic E-state index is -4.47. The van der Waals surface area contributed by atoms with Crippen LogP contribution in [0.25, 0.3) is 6.08 Å². The van der Waals surface area contributed by atoms with Crippen LogP contribution in [0.5, 0.6) is 0 Å². The number of hydrogen-bond acceptors (Lipinski definition) is 5. The number of para-hydroxylation sites is 1. The Balaban J connectivity index is 1.62. The zero-order valence-corrected chi connectivity index (χ0v) is 27.1. The summed E-state index contributed by atoms with van der Waals surface area (Å²) in [5, 5.41) is 17.2. The number of sulfonamides is 1. The molecule has 0 spiro atoms. The summed E-state index contributed by atoms with van der Waals surface area (Å²) in [4.78, 5) is 13.8. The summed E-state index contributed by atoms with van der Waals surface area (Å²) in [5.41, 5.74) is 2.88. The molecule has 0 radical (unpaired) electrons. The van der Waals surface area contributed by atoms with E-state index in [9.17, 15) is 31.5 Å². The molecule has 11 heteroatoms. The van der Waals surface area contributed by atoms with Gasteiger partial charge in [0.25, 0.3) is 5.91 Å². The molecule has 7 nitrogen and oxygen atoms in total. The fourth-order valence-electron chi connectivity index (χ4n) is 5.16. The van der Waals surface area contributed by atoms with E-state index in [1.807, 2.05) is 50.3 Å². The van der Waals surface area contributed by atoms with Crippen LogP contribution in [-0.4, -0.2) is 44.4 Å². The van der Waals surface area contributed by atoms with Crippen molar-refractivity contribution in [2.24, 2.45) is 0 Å². The molecule has 1 amide bonds. The number of allylic oxidation sites excluding steroid dienone is 1. The van der Waals surface area contributed by atoms with Crippen molar-refractivity contribution in [3.05, 3.63) is 137 Å². The standard InChI is InChI=1S/C36H38F3N3O4S/c1-25(2)17-28-18-29(22-32(20-28)42(47(3,45)46)31-15-8-5-9-16-31)35(44)41-33(21-26-11-6-4-7-12-26)34(43)24-40-23-27-13-10-14-30(19-27)36(37,38)39/h4-20,22,33-34,40,43H,21,23-24H2,1-3H3,(H,41,44)/t33-,34+/m0/s1. The maximum Gasteiger partial charge on any atom is 0.416 e. The highest BCUT2D eigenvalue weighted by molar-refractivity contribution is 7.92. The first kappa shape index (κ1) is 35.4. The number of halogens is 3. The summed E-state index contributed by atoms with van der Waals surface area (Å²) < 4.78 is 66.6. The zero-order chi connectivity index (χ0) is 34.2. The van der Waals surface area contributed by atoms with E-state index < -0.39 is 39.8 Å². The molecule has 0 saturated heterocycles. The summed E-state index contributed by atoms with van der Waals surface area (Å²) in [6, 6.07) is 26.7. The van der Waals surface area contributed by atoms with Gasteiger partial charge in [0.2, 0.25) is 10.0 Å². The van der Waals surface area contributed by atoms with E-state index in [4.69, 9.17) is 0 Å². The van der Waals surface area contributed by atoms with Crippen molar-refractivity contribution in [1.82, 2.24) is 10.6 Å². The fraction of sp³-hybridized carbons (Fsp3) is 0.250. The number of carbonyl (C=O) groups excluding carboxylic acids is 1. The van der Waals surface area contributed by atoms with Gasteiger partial charge in [-0.1, -0.05) is 78.4 Å². The topological polar surface area (TPSA) is 98.7 Å². The fourth-order valence-corrected chi connectivity index (χ4v) is 6.16. The summed E-state index contributed by atoms with van der Waals surface area (Å²) in [7, 11) is -3.81. The van der Waals surface area contributed by atoms with Crippen molar-refractivity contribution < 1.29 is 31.5 Å². The quantitative estimate of drug-likeness (QED) is 0.147. The highest BCUT2D eigenvalue weighted by Gasteiger charge is 2.30. The average molecular weight is 666 g/mol. The first-order chi connectivity index (χ1) is 22.2. The lowest BCUT2D eigenvalue weighted by Crippen LogP contribution is -2.48. The number of alkyl halides is 3. The smallest absolute Gasteiger partial charge is 0.390 e. The Kier molecular flexibility index (Phi) is 11.6. The van der Waals surface area contributed by atoms with Crippen LogP contribution in [0, 0.1) is 0 Å². The lowest BCUT2D eigenvalue weighted by molar-refractivity contribution is -0.137. The van der Waals surface area contributed by atoms with Gasteiger partial charge in [0, 0.05) is 18.7 Å². The predicted octanol–water partition coefficient (Wildman–Crippen LogP) is 6.72. The number of amides is 1. The number of hydrogen-bond donors (Lipinski definition) is 3. The third kappa shape index (κ3) is 10.3. The van der Waals surface area contributed by atoms with Crippen LogP contribution >= 0.6 is 0 Å². The minimum Gasteiger partial charge on any atom is -0.390 e. The molecule has 4 aromatic carbocycles. The number of carbonyl (C=O) groups is 1. The molecule has 0 saturated carbocycles. The van der Waals surface area contributed by atoms with Crippen LogP contribution < -0.4 is 14.9 Å². The SMILES string of the molecule is CC(C)=Cc1cc(C(=O)N[C@@H](Cc2ccccc2)[C@H](O)CNCc2cccc(C(F)(F)F)c2)cc(N(c2ccccc2)S(C)(=O)=O)c1. The van der Waals surface area contributed by atoms with Crippen molar-refractivity contribution >= 4 is 33.4 Å². The van der Waals surface area contributed by atoms with E-state index in [1.165, 1.54) is 16.4 Å². The van der Waals surface area contributed by atoms with E-state index in [1.54, 1.807) is 48.5 Å². The summed E-state index contributed by atoms with van der Waals surface area (Å²) in [6.45, 7) is 3.82. The third-order valence-electron chi connectivity index (χ3n) is 7.23. The highest BCUT2D eigenvalue weighted by atomic mass is 32.2. The van der Waals surface area contributed by atoms with Crippen molar-refractivity contribution in [3.8, 4) is 0 Å². The molecule has 0 heterocycles. The normalized spacial score (nSPS) is 13.0. The van der Waals surface area contributed by atoms with Gasteiger partial charge < -0.3 is 15.7 Å². The third-order valence-corrected chi connectivity index (χ3v) is 8.32. The largest absolute Gasteiger partial charge is 0.416 e. The lowest BCUT2D eigenvalue weighted by atomic mass is 9.99. The summed E-state index contributed by atoms with van der Waals surface area (Å²) in [5.74, 6) is -0.533. The summed E-state index contributed by atoms with van der Waals surface area (Å²) in [6.07, 6.45) is -2.41. The monoisotopic (exact) mass is 665 g/mol. The van der Waals surface area contributed by atoms with Crippen molar-refractivity contribution in [3.63, 3.8) is 0 Å². The van der Waals surface area contributed by atoms with Gasteiger partial charge in [-0.05, 0) is 73.4 Å². The number of aliphatic hydroxyl groups excluding tert-OH is 1. The summed E-state index contributed by atoms with van der Waals surface area (Å²) >= 11 is 0. The van der Waals surface area contributed by atoms with Crippen LogP contribution in [0.3, 0.4) is 0 Å². The van der Waals surface area contributed by atoms with Crippen molar-refractivity contribution in [2.75, 3.05) is 17.1 Å². The number of benzene rings is 4. The van der Waals surface area contributed by atoms with Gasteiger partial charge in [-0.15, -0.1) is 0 Å². The van der Waals surface area contributed by atoms with Gasteiger partial charge in [0.05, 0.1) is 35.3 Å². The van der Waals surface area contributed by atoms with Gasteiger partial charge in [-0.2, -0.15) is 13.2 Å². The Morgan fingerprint density at radius 1 is 0.872 bits per heavy atom. The molecule has 0 aliphatic carbocycles. The Morgan fingerprint density at radius 2 is 1.51 bits per heavy atom. The maximum absolute atomic E-state index is 13.8. The van der Waals surface area contributed by atoms with Crippen LogP contribution in [0.2, 0.25) is 0 Å². The Morgan fingerprint density at radius 3 is 2.13 bits per heavy atom. The molecule has 0 unspecified atom stereocenters. The first-order valence-corrected chi connectivity index (χ1v) is 16.8. The molecule has 0 aromatic heterocycles. The number of rotatable bonds is 13. The number of aliphatic hydroxyl groups is 1. The molecule has 0 aliphatic rings. The molecule has 0 aliphatic heterocycles. The second-order valence-electron chi connectivity index (χ2n) is 11.6. The van der Waals surface area contributed by atoms with E-state index >= 15 is 0 Å². The lowest BCUT2D eigenvalue weighted by Gasteiger charge is -2.26. The Labute approximate surface area is 273 Å². The maximum atomic E-state index is 13.8. The first-order valence-electron chi connectivity index (χ1n) is 15.0. The molecule has 4 rings (SSSR count). The molecular formula is C36H38F3N3O4S. The zero-order valence-electron chi connectivity index (χ0n) is 26.3. The average Bonchev–Trinajstić information content (AvgIpc) is 3.00. The van der Waals surface area contributed by atoms with Crippen LogP contribution in [-0.2, 0) is 29.2 Å². The van der Waals surface area contributed by atoms with E-state index in [2.05, 4.69) is 10.6 Å². The number of nitrogens with zero attached hydrogens (tertiary/aromatic N) is 1. The molecule has 3 N–H and O–H groups in total. The second kappa shape index (κ2) is 15.4. The van der Waals surface area contributed by atoms with Crippen molar-refractivity contribution in [1.29, 1.82) is 0 Å². The molecule has 0 bridgehead atoms. The minimum absolute atomic E-state index is 0.0209. The highest BCUT2D eigenvalue weighted by Crippen LogP contribution is 2.31. The van der Waals surface area contributed by atoms with Crippen molar-refractivity contribution in [2.45, 2.75) is 45.1 Å². The molecule has 2 atom stereocenters. The second-order valence-corrected chi connectivity index (χ2v) is 13.4. The van der Waals surface area contributed by atoms with Crippen LogP contribution in [0.1, 0.15) is 46.5 Å². The van der Waals surface area contributed by atoms with E-state index in [0.717, 1.165) is 29.5 Å². The van der Waals surface area contributed by atoms with Gasteiger partial charge in [0.1, 0.15) is 0 Å². The molecule has 4 aromatic rings. The molecule has 248 valence electrons. The molecule has 47 heavy (non-hydrogen) atoms. The number of anilines is 2. The van der Waals surface area contributed by atoms with Crippen LogP contribution in [0.4, 0.5) is 24.5 Å². The van der Waals surface area contributed by atoms with E-state index in [-0.39, 0.29) is 30.8 Å². The van der Waals surface area contributed by atoms with Crippen LogP contribution in [0.15, 0.2) is 109 Å². The van der Waals surface area contributed by atoms with E-state index in [0.29, 0.717) is 16.8 Å². The van der Waals surface area contributed by atoms with Gasteiger partial charge in [0.15, 0.2) is 0 Å². The van der Waals surface area contributed by atoms with Gasteiger partial charge >= 0.3 is 6.18 Å². The molecular weight excluding hydrogens is 627 g/mol. The van der Waals surface area contributed by atoms with Gasteiger partial charge in [-0.3, -0.25) is 4.79 Å². The Bertz CT molecular complexity index is 1790. The molecule has 0 fully saturated rings.